The summed E-state index contributed by atoms with van der Waals surface area (Å²) in [4.78, 5) is 12.9. The van der Waals surface area contributed by atoms with Gasteiger partial charge in [-0.15, -0.1) is 0 Å². The summed E-state index contributed by atoms with van der Waals surface area (Å²) in [6, 6.07) is 0. The molecule has 1 atom stereocenters. The Labute approximate surface area is 67.3 Å². The largest absolute Gasteiger partial charge is 0.446 e. The molecule has 1 fully saturated rings. The molecule has 1 aliphatic heterocycles. The molecular weight excluding hydrogens is 142 g/mol. The summed E-state index contributed by atoms with van der Waals surface area (Å²) >= 11 is 0. The summed E-state index contributed by atoms with van der Waals surface area (Å²) in [5.41, 5.74) is 0. The van der Waals surface area contributed by atoms with E-state index in [1.165, 1.54) is 0 Å². The maximum atomic E-state index is 11.2. The van der Waals surface area contributed by atoms with Crippen molar-refractivity contribution in [1.82, 2.24) is 4.90 Å². The second kappa shape index (κ2) is 3.60. The highest BCUT2D eigenvalue weighted by Crippen LogP contribution is 2.10. The molecule has 1 aliphatic rings. The van der Waals surface area contributed by atoms with Gasteiger partial charge in [-0.05, 0) is 26.7 Å². The van der Waals surface area contributed by atoms with E-state index in [2.05, 4.69) is 0 Å². The highest BCUT2D eigenvalue weighted by Gasteiger charge is 2.19. The summed E-state index contributed by atoms with van der Waals surface area (Å²) in [5.74, 6) is 0. The molecule has 0 aromatic heterocycles. The van der Waals surface area contributed by atoms with E-state index in [9.17, 15) is 4.79 Å². The highest BCUT2D eigenvalue weighted by atomic mass is 16.6. The molecule has 11 heavy (non-hydrogen) atoms. The monoisotopic (exact) mass is 157 g/mol. The third-order valence-electron chi connectivity index (χ3n) is 1.98. The van der Waals surface area contributed by atoms with Crippen LogP contribution in [0.15, 0.2) is 0 Å². The van der Waals surface area contributed by atoms with Gasteiger partial charge in [0.15, 0.2) is 0 Å². The first-order chi connectivity index (χ1) is 5.24. The number of hydrogen-bond acceptors (Lipinski definition) is 2. The van der Waals surface area contributed by atoms with Crippen LogP contribution in [-0.2, 0) is 4.74 Å². The summed E-state index contributed by atoms with van der Waals surface area (Å²) in [7, 11) is 0. The molecule has 0 aromatic rings. The fraction of sp³-hybridized carbons (Fsp3) is 0.875. The van der Waals surface area contributed by atoms with Gasteiger partial charge in [0, 0.05) is 13.1 Å². The SMILES string of the molecule is CCN1CCCC(C)OC1=O. The lowest BCUT2D eigenvalue weighted by molar-refractivity contribution is 0.0849. The van der Waals surface area contributed by atoms with Gasteiger partial charge in [-0.2, -0.15) is 0 Å². The zero-order chi connectivity index (χ0) is 8.27. The van der Waals surface area contributed by atoms with Gasteiger partial charge >= 0.3 is 6.09 Å². The molecule has 3 heteroatoms. The summed E-state index contributed by atoms with van der Waals surface area (Å²) < 4.78 is 5.10. The standard InChI is InChI=1S/C8H15NO2/c1-3-9-6-4-5-7(2)11-8(9)10/h7H,3-6H2,1-2H3. The van der Waals surface area contributed by atoms with Crippen molar-refractivity contribution in [1.29, 1.82) is 0 Å². The fourth-order valence-corrected chi connectivity index (χ4v) is 1.25. The van der Waals surface area contributed by atoms with Crippen LogP contribution < -0.4 is 0 Å². The molecule has 3 nitrogen and oxygen atoms in total. The normalized spacial score (nSPS) is 26.2. The van der Waals surface area contributed by atoms with E-state index in [4.69, 9.17) is 4.74 Å². The van der Waals surface area contributed by atoms with Crippen LogP contribution in [0.3, 0.4) is 0 Å². The van der Waals surface area contributed by atoms with Gasteiger partial charge < -0.3 is 9.64 Å². The number of hydrogen-bond donors (Lipinski definition) is 0. The van der Waals surface area contributed by atoms with Crippen LogP contribution in [0, 0.1) is 0 Å². The predicted molar refractivity (Wildman–Crippen MR) is 42.4 cm³/mol. The molecule has 1 rings (SSSR count). The minimum Gasteiger partial charge on any atom is -0.446 e. The van der Waals surface area contributed by atoms with Gasteiger partial charge in [0.25, 0.3) is 0 Å². The molecule has 0 spiro atoms. The van der Waals surface area contributed by atoms with Crippen molar-refractivity contribution < 1.29 is 9.53 Å². The van der Waals surface area contributed by atoms with Crippen LogP contribution in [0.5, 0.6) is 0 Å². The molecule has 0 aromatic carbocycles. The Balaban J connectivity index is 2.50. The molecule has 1 unspecified atom stereocenters. The summed E-state index contributed by atoms with van der Waals surface area (Å²) in [5, 5.41) is 0. The average molecular weight is 157 g/mol. The molecule has 64 valence electrons. The van der Waals surface area contributed by atoms with Gasteiger partial charge in [-0.25, -0.2) is 4.79 Å². The van der Waals surface area contributed by atoms with Crippen LogP contribution in [0.2, 0.25) is 0 Å². The van der Waals surface area contributed by atoms with E-state index < -0.39 is 0 Å². The van der Waals surface area contributed by atoms with Crippen molar-refractivity contribution >= 4 is 6.09 Å². The van der Waals surface area contributed by atoms with Crippen molar-refractivity contribution in [2.75, 3.05) is 13.1 Å². The third-order valence-corrected chi connectivity index (χ3v) is 1.98. The quantitative estimate of drug-likeness (QED) is 0.579. The smallest absolute Gasteiger partial charge is 0.410 e. The summed E-state index contributed by atoms with van der Waals surface area (Å²) in [6.45, 7) is 5.51. The van der Waals surface area contributed by atoms with E-state index in [0.717, 1.165) is 25.9 Å². The molecule has 1 amide bonds. The molecular formula is C8H15NO2. The van der Waals surface area contributed by atoms with Crippen molar-refractivity contribution in [2.45, 2.75) is 32.8 Å². The maximum absolute atomic E-state index is 11.2. The number of rotatable bonds is 1. The Morgan fingerprint density at radius 2 is 2.45 bits per heavy atom. The van der Waals surface area contributed by atoms with Gasteiger partial charge in [-0.1, -0.05) is 0 Å². The molecule has 1 saturated heterocycles. The highest BCUT2D eigenvalue weighted by molar-refractivity contribution is 5.67. The third kappa shape index (κ3) is 2.10. The molecule has 0 aliphatic carbocycles. The van der Waals surface area contributed by atoms with Gasteiger partial charge in [0.1, 0.15) is 6.10 Å². The van der Waals surface area contributed by atoms with Gasteiger partial charge in [-0.3, -0.25) is 0 Å². The Morgan fingerprint density at radius 1 is 1.73 bits per heavy atom. The molecule has 0 N–H and O–H groups in total. The Bertz CT molecular complexity index is 147. The van der Waals surface area contributed by atoms with Crippen LogP contribution in [0.4, 0.5) is 4.79 Å². The van der Waals surface area contributed by atoms with Gasteiger partial charge in [0.2, 0.25) is 0 Å². The number of ether oxygens (including phenoxy) is 1. The average Bonchev–Trinajstić information content (AvgIpc) is 2.11. The summed E-state index contributed by atoms with van der Waals surface area (Å²) in [6.07, 6.45) is 1.99. The zero-order valence-corrected chi connectivity index (χ0v) is 7.17. The lowest BCUT2D eigenvalue weighted by atomic mass is 10.2. The van der Waals surface area contributed by atoms with Crippen molar-refractivity contribution in [3.05, 3.63) is 0 Å². The maximum Gasteiger partial charge on any atom is 0.410 e. The second-order valence-corrected chi connectivity index (χ2v) is 2.92. The first-order valence-electron chi connectivity index (χ1n) is 4.19. The predicted octanol–water partition coefficient (Wildman–Crippen LogP) is 1.63. The molecule has 1 heterocycles. The molecule has 0 radical (unpaired) electrons. The van der Waals surface area contributed by atoms with E-state index in [-0.39, 0.29) is 12.2 Å². The molecule has 0 bridgehead atoms. The number of carbonyl (C=O) groups excluding carboxylic acids is 1. The van der Waals surface area contributed by atoms with Crippen LogP contribution in [0.1, 0.15) is 26.7 Å². The number of amides is 1. The Kier molecular flexibility index (Phi) is 2.74. The lowest BCUT2D eigenvalue weighted by Crippen LogP contribution is -2.31. The zero-order valence-electron chi connectivity index (χ0n) is 7.17. The van der Waals surface area contributed by atoms with E-state index >= 15 is 0 Å². The van der Waals surface area contributed by atoms with Crippen LogP contribution in [0.25, 0.3) is 0 Å². The topological polar surface area (TPSA) is 29.5 Å². The first-order valence-corrected chi connectivity index (χ1v) is 4.19. The van der Waals surface area contributed by atoms with Crippen molar-refractivity contribution in [3.8, 4) is 0 Å². The minimum atomic E-state index is -0.155. The first kappa shape index (κ1) is 8.37. The van der Waals surface area contributed by atoms with E-state index in [0.29, 0.717) is 0 Å². The Morgan fingerprint density at radius 3 is 3.09 bits per heavy atom. The number of cyclic esters (lactones) is 1. The van der Waals surface area contributed by atoms with Gasteiger partial charge in [0.05, 0.1) is 0 Å². The fourth-order valence-electron chi connectivity index (χ4n) is 1.25. The molecule has 0 saturated carbocycles. The second-order valence-electron chi connectivity index (χ2n) is 2.92. The van der Waals surface area contributed by atoms with E-state index in [1.54, 1.807) is 4.90 Å². The van der Waals surface area contributed by atoms with Crippen molar-refractivity contribution in [3.63, 3.8) is 0 Å². The van der Waals surface area contributed by atoms with Crippen LogP contribution >= 0.6 is 0 Å². The van der Waals surface area contributed by atoms with Crippen LogP contribution in [-0.4, -0.2) is 30.2 Å². The number of carbonyl (C=O) groups is 1. The minimum absolute atomic E-state index is 0.0963. The number of nitrogens with zero attached hydrogens (tertiary/aromatic N) is 1. The van der Waals surface area contributed by atoms with Crippen molar-refractivity contribution in [2.24, 2.45) is 0 Å². The Hall–Kier alpha value is -0.730. The van der Waals surface area contributed by atoms with E-state index in [1.807, 2.05) is 13.8 Å². The lowest BCUT2D eigenvalue weighted by Gasteiger charge is -2.16.